The molecular weight excluding hydrogens is 296 g/mol. The molecule has 2 heterocycles. The number of nitrogens with zero attached hydrogens (tertiary/aromatic N) is 2. The van der Waals surface area contributed by atoms with Gasteiger partial charge in [-0.1, -0.05) is 37.3 Å². The number of hydrogen-bond donors (Lipinski definition) is 0. The van der Waals surface area contributed by atoms with Gasteiger partial charge in [0, 0.05) is 11.8 Å². The third-order valence-corrected chi connectivity index (χ3v) is 3.94. The molecule has 0 aliphatic rings. The van der Waals surface area contributed by atoms with Crippen molar-refractivity contribution in [1.29, 1.82) is 0 Å². The number of aromatic nitrogens is 2. The van der Waals surface area contributed by atoms with Crippen LogP contribution >= 0.6 is 11.6 Å². The van der Waals surface area contributed by atoms with Crippen LogP contribution in [0.4, 0.5) is 0 Å². The van der Waals surface area contributed by atoms with Crippen LogP contribution in [0.25, 0.3) is 16.9 Å². The smallest absolute Gasteiger partial charge is 0.227 e. The Balaban J connectivity index is 2.20. The predicted molar refractivity (Wildman–Crippen MR) is 89.3 cm³/mol. The molecular formula is C18H17ClN2O. The first-order valence-electron chi connectivity index (χ1n) is 7.33. The fraction of sp³-hybridized carbons (Fsp3) is 0.222. The number of carbonyl (C=O) groups is 1. The topological polar surface area (TPSA) is 34.4 Å². The number of halogens is 1. The average Bonchev–Trinajstić information content (AvgIpc) is 2.85. The number of imidazole rings is 1. The van der Waals surface area contributed by atoms with E-state index in [1.54, 1.807) is 0 Å². The van der Waals surface area contributed by atoms with Crippen molar-refractivity contribution in [1.82, 2.24) is 9.38 Å². The van der Waals surface area contributed by atoms with Gasteiger partial charge >= 0.3 is 0 Å². The van der Waals surface area contributed by atoms with Crippen LogP contribution in [-0.4, -0.2) is 14.6 Å². The van der Waals surface area contributed by atoms with E-state index in [0.29, 0.717) is 0 Å². The molecule has 0 bridgehead atoms. The van der Waals surface area contributed by atoms with E-state index in [-0.39, 0.29) is 11.7 Å². The maximum absolute atomic E-state index is 11.4. The zero-order chi connectivity index (χ0) is 15.7. The summed E-state index contributed by atoms with van der Waals surface area (Å²) in [6.45, 7) is 4.14. The van der Waals surface area contributed by atoms with E-state index in [4.69, 9.17) is 11.6 Å². The van der Waals surface area contributed by atoms with Gasteiger partial charge in [0.2, 0.25) is 5.24 Å². The summed E-state index contributed by atoms with van der Waals surface area (Å²) >= 11 is 5.64. The van der Waals surface area contributed by atoms with Crippen molar-refractivity contribution in [3.8, 4) is 11.3 Å². The molecule has 3 aromatic rings. The van der Waals surface area contributed by atoms with Crippen LogP contribution in [0.3, 0.4) is 0 Å². The first-order chi connectivity index (χ1) is 10.6. The summed E-state index contributed by atoms with van der Waals surface area (Å²) < 4.78 is 1.96. The first kappa shape index (κ1) is 14.8. The minimum atomic E-state index is -0.380. The molecule has 2 aromatic heterocycles. The second kappa shape index (κ2) is 5.93. The highest BCUT2D eigenvalue weighted by atomic mass is 35.5. The van der Waals surface area contributed by atoms with Crippen LogP contribution in [0.5, 0.6) is 0 Å². The molecule has 0 aliphatic carbocycles. The number of rotatable bonds is 4. The molecule has 0 N–H and O–H groups in total. The molecule has 0 radical (unpaired) electrons. The number of fused-ring (bicyclic) bond motifs is 1. The lowest BCUT2D eigenvalue weighted by molar-refractivity contribution is -0.111. The Morgan fingerprint density at radius 1 is 1.18 bits per heavy atom. The fourth-order valence-electron chi connectivity index (χ4n) is 2.63. The van der Waals surface area contributed by atoms with Crippen LogP contribution in [0.2, 0.25) is 0 Å². The van der Waals surface area contributed by atoms with Crippen LogP contribution < -0.4 is 0 Å². The van der Waals surface area contributed by atoms with Gasteiger partial charge in [-0.3, -0.25) is 4.79 Å². The average molecular weight is 313 g/mol. The maximum Gasteiger partial charge on any atom is 0.227 e. The summed E-state index contributed by atoms with van der Waals surface area (Å²) in [5.41, 5.74) is 5.88. The number of carbonyl (C=O) groups excluding carboxylic acids is 1. The molecule has 22 heavy (non-hydrogen) atoms. The van der Waals surface area contributed by atoms with Crippen molar-refractivity contribution in [3.63, 3.8) is 0 Å². The lowest BCUT2D eigenvalue weighted by Gasteiger charge is -2.04. The fourth-order valence-corrected chi connectivity index (χ4v) is 2.76. The molecule has 0 aliphatic heterocycles. The molecule has 0 saturated heterocycles. The number of hydrogen-bond acceptors (Lipinski definition) is 2. The third kappa shape index (κ3) is 2.77. The summed E-state index contributed by atoms with van der Waals surface area (Å²) in [4.78, 5) is 16.1. The summed E-state index contributed by atoms with van der Waals surface area (Å²) in [7, 11) is 0. The Bertz CT molecular complexity index is 834. The molecule has 3 rings (SSSR count). The third-order valence-electron chi connectivity index (χ3n) is 3.81. The van der Waals surface area contributed by atoms with Gasteiger partial charge in [-0.2, -0.15) is 0 Å². The zero-order valence-corrected chi connectivity index (χ0v) is 13.4. The Hall–Kier alpha value is -2.13. The molecule has 0 atom stereocenters. The lowest BCUT2D eigenvalue weighted by atomic mass is 10.1. The highest BCUT2D eigenvalue weighted by molar-refractivity contribution is 6.63. The Kier molecular flexibility index (Phi) is 3.99. The van der Waals surface area contributed by atoms with Crippen LogP contribution in [-0.2, 0) is 17.6 Å². The molecule has 0 amide bonds. The molecule has 1 aromatic carbocycles. The van der Waals surface area contributed by atoms with Gasteiger partial charge < -0.3 is 4.40 Å². The highest BCUT2D eigenvalue weighted by Crippen LogP contribution is 2.26. The molecule has 0 spiro atoms. The monoisotopic (exact) mass is 312 g/mol. The number of aryl methyl sites for hydroxylation is 2. The van der Waals surface area contributed by atoms with Crippen LogP contribution in [0.15, 0.2) is 42.6 Å². The van der Waals surface area contributed by atoms with Crippen molar-refractivity contribution < 1.29 is 4.79 Å². The van der Waals surface area contributed by atoms with E-state index in [1.165, 1.54) is 5.56 Å². The van der Waals surface area contributed by atoms with E-state index < -0.39 is 0 Å². The first-order valence-corrected chi connectivity index (χ1v) is 7.71. The number of pyridine rings is 1. The second-order valence-corrected chi connectivity index (χ2v) is 5.85. The van der Waals surface area contributed by atoms with Crippen molar-refractivity contribution in [2.75, 3.05) is 0 Å². The Labute approximate surface area is 134 Å². The normalized spacial score (nSPS) is 11.0. The largest absolute Gasteiger partial charge is 0.303 e. The van der Waals surface area contributed by atoms with Gasteiger partial charge in [0.1, 0.15) is 5.65 Å². The van der Waals surface area contributed by atoms with Crippen molar-refractivity contribution in [2.45, 2.75) is 26.7 Å². The van der Waals surface area contributed by atoms with E-state index in [2.05, 4.69) is 36.2 Å². The number of benzene rings is 1. The summed E-state index contributed by atoms with van der Waals surface area (Å²) in [5.74, 6) is 0. The molecule has 112 valence electrons. The Morgan fingerprint density at radius 3 is 2.55 bits per heavy atom. The van der Waals surface area contributed by atoms with Crippen molar-refractivity contribution in [3.05, 3.63) is 59.4 Å². The zero-order valence-electron chi connectivity index (χ0n) is 12.6. The second-order valence-electron chi connectivity index (χ2n) is 5.42. The van der Waals surface area contributed by atoms with E-state index >= 15 is 0 Å². The maximum atomic E-state index is 11.4. The quantitative estimate of drug-likeness (QED) is 0.677. The Morgan fingerprint density at radius 2 is 1.91 bits per heavy atom. The van der Waals surface area contributed by atoms with E-state index in [0.717, 1.165) is 34.6 Å². The van der Waals surface area contributed by atoms with Gasteiger partial charge in [0.25, 0.3) is 0 Å². The van der Waals surface area contributed by atoms with E-state index in [9.17, 15) is 4.79 Å². The SMILES string of the molecule is CCc1ccc(-c2nc3ccc(C)cn3c2CC(=O)Cl)cc1. The molecule has 0 fully saturated rings. The molecule has 3 nitrogen and oxygen atoms in total. The summed E-state index contributed by atoms with van der Waals surface area (Å²) in [5, 5.41) is -0.380. The molecule has 0 unspecified atom stereocenters. The van der Waals surface area contributed by atoms with E-state index in [1.807, 2.05) is 29.7 Å². The van der Waals surface area contributed by atoms with Crippen LogP contribution in [0, 0.1) is 6.92 Å². The summed E-state index contributed by atoms with van der Waals surface area (Å²) in [6.07, 6.45) is 3.15. The van der Waals surface area contributed by atoms with Crippen LogP contribution in [0.1, 0.15) is 23.7 Å². The van der Waals surface area contributed by atoms with Gasteiger partial charge in [-0.15, -0.1) is 0 Å². The minimum absolute atomic E-state index is 0.164. The van der Waals surface area contributed by atoms with Gasteiger partial charge in [0.05, 0.1) is 17.8 Å². The molecule has 0 saturated carbocycles. The highest BCUT2D eigenvalue weighted by Gasteiger charge is 2.16. The van der Waals surface area contributed by atoms with Gasteiger partial charge in [-0.25, -0.2) is 4.98 Å². The lowest BCUT2D eigenvalue weighted by Crippen LogP contribution is -2.00. The minimum Gasteiger partial charge on any atom is -0.303 e. The van der Waals surface area contributed by atoms with Crippen molar-refractivity contribution in [2.24, 2.45) is 0 Å². The van der Waals surface area contributed by atoms with Gasteiger partial charge in [-0.05, 0) is 42.1 Å². The van der Waals surface area contributed by atoms with Gasteiger partial charge in [0.15, 0.2) is 0 Å². The standard InChI is InChI=1S/C18H17ClN2O/c1-3-13-5-7-14(8-6-13)18-15(10-16(19)22)21-11-12(2)4-9-17(21)20-18/h4-9,11H,3,10H2,1-2H3. The van der Waals surface area contributed by atoms with Crippen molar-refractivity contribution >= 4 is 22.5 Å². The summed E-state index contributed by atoms with van der Waals surface area (Å²) in [6, 6.07) is 12.3. The molecule has 4 heteroatoms. The predicted octanol–water partition coefficient (Wildman–Crippen LogP) is 4.18.